The zero-order chi connectivity index (χ0) is 18.8. The van der Waals surface area contributed by atoms with Crippen LogP contribution in [0.5, 0.6) is 0 Å². The Bertz CT molecular complexity index is 1020. The van der Waals surface area contributed by atoms with E-state index >= 15 is 0 Å². The number of nitrogens with one attached hydrogen (secondary N) is 2. The third kappa shape index (κ3) is 3.29. The lowest BCUT2D eigenvalue weighted by molar-refractivity contribution is -0.123. The number of rotatable bonds is 4. The molecule has 0 spiro atoms. The molecule has 4 rings (SSSR count). The highest BCUT2D eigenvalue weighted by atomic mass is 16.2. The summed E-state index contributed by atoms with van der Waals surface area (Å²) in [7, 11) is 0. The van der Waals surface area contributed by atoms with Gasteiger partial charge in [-0.1, -0.05) is 54.6 Å². The number of benzene rings is 3. The van der Waals surface area contributed by atoms with Crippen LogP contribution in [-0.4, -0.2) is 24.9 Å². The Morgan fingerprint density at radius 3 is 2.63 bits per heavy atom. The van der Waals surface area contributed by atoms with Gasteiger partial charge in [-0.25, -0.2) is 0 Å². The van der Waals surface area contributed by atoms with Gasteiger partial charge < -0.3 is 16.4 Å². The van der Waals surface area contributed by atoms with Crippen molar-refractivity contribution >= 4 is 22.6 Å². The lowest BCUT2D eigenvalue weighted by Crippen LogP contribution is -2.44. The number of fused-ring (bicyclic) bond motifs is 2. The summed E-state index contributed by atoms with van der Waals surface area (Å²) in [6.07, 6.45) is 0. The second kappa shape index (κ2) is 7.21. The molecule has 4 N–H and O–H groups in total. The van der Waals surface area contributed by atoms with E-state index in [0.29, 0.717) is 12.1 Å². The van der Waals surface area contributed by atoms with Crippen molar-refractivity contribution in [1.29, 1.82) is 0 Å². The molecule has 0 fully saturated rings. The maximum absolute atomic E-state index is 13.0. The molecule has 0 aromatic heterocycles. The van der Waals surface area contributed by atoms with Gasteiger partial charge in [-0.2, -0.15) is 0 Å². The van der Waals surface area contributed by atoms with Crippen LogP contribution in [0, 0.1) is 0 Å². The quantitative estimate of drug-likeness (QED) is 0.669. The molecule has 5 heteroatoms. The fraction of sp³-hybridized carbons (Fsp3) is 0.182. The number of hydrogen-bond acceptors (Lipinski definition) is 3. The number of carbonyl (C=O) groups excluding carboxylic acids is 2. The summed E-state index contributed by atoms with van der Waals surface area (Å²) in [5.41, 5.74) is 8.24. The predicted molar refractivity (Wildman–Crippen MR) is 105 cm³/mol. The molecule has 5 nitrogen and oxygen atoms in total. The zero-order valence-electron chi connectivity index (χ0n) is 14.8. The van der Waals surface area contributed by atoms with Gasteiger partial charge in [0.25, 0.3) is 5.91 Å². The summed E-state index contributed by atoms with van der Waals surface area (Å²) in [4.78, 5) is 25.0. The Labute approximate surface area is 157 Å². The Kier molecular flexibility index (Phi) is 4.60. The summed E-state index contributed by atoms with van der Waals surface area (Å²) in [5, 5.41) is 8.11. The van der Waals surface area contributed by atoms with Crippen LogP contribution >= 0.6 is 0 Å². The highest BCUT2D eigenvalue weighted by molar-refractivity contribution is 6.00. The van der Waals surface area contributed by atoms with Gasteiger partial charge in [0, 0.05) is 18.7 Å². The first-order chi connectivity index (χ1) is 13.2. The van der Waals surface area contributed by atoms with Crippen molar-refractivity contribution in [2.24, 2.45) is 5.73 Å². The molecule has 0 aliphatic carbocycles. The minimum Gasteiger partial charge on any atom is -0.351 e. The van der Waals surface area contributed by atoms with Crippen LogP contribution in [0.15, 0.2) is 66.7 Å². The first-order valence-electron chi connectivity index (χ1n) is 9.03. The molecular formula is C22H21N3O2. The normalized spacial score (nSPS) is 17.1. The minimum atomic E-state index is -0.423. The van der Waals surface area contributed by atoms with Crippen LogP contribution in [0.4, 0.5) is 0 Å². The van der Waals surface area contributed by atoms with Crippen molar-refractivity contribution in [2.75, 3.05) is 13.1 Å². The van der Waals surface area contributed by atoms with Gasteiger partial charge in [-0.15, -0.1) is 0 Å². The third-order valence-corrected chi connectivity index (χ3v) is 5.09. The van der Waals surface area contributed by atoms with Crippen LogP contribution in [0.2, 0.25) is 0 Å². The molecule has 2 atom stereocenters. The van der Waals surface area contributed by atoms with E-state index in [1.807, 2.05) is 42.5 Å². The molecule has 3 aromatic carbocycles. The molecule has 136 valence electrons. The molecule has 1 aliphatic heterocycles. The fourth-order valence-electron chi connectivity index (χ4n) is 3.62. The van der Waals surface area contributed by atoms with Gasteiger partial charge in [0.05, 0.1) is 12.0 Å². The molecule has 0 saturated carbocycles. The molecule has 1 aliphatic rings. The van der Waals surface area contributed by atoms with E-state index in [4.69, 9.17) is 5.73 Å². The van der Waals surface area contributed by atoms with E-state index in [2.05, 4.69) is 22.8 Å². The predicted octanol–water partition coefficient (Wildman–Crippen LogP) is 2.48. The SMILES string of the molecule is NCC(NC(=O)C1CNC(=O)c2ccccc21)c1ccc2ccccc2c1. The largest absolute Gasteiger partial charge is 0.351 e. The zero-order valence-corrected chi connectivity index (χ0v) is 14.8. The van der Waals surface area contributed by atoms with Gasteiger partial charge in [-0.05, 0) is 34.0 Å². The second-order valence-electron chi connectivity index (χ2n) is 6.75. The topological polar surface area (TPSA) is 84.2 Å². The lowest BCUT2D eigenvalue weighted by atomic mass is 9.89. The standard InChI is InChI=1S/C22H21N3O2/c23-12-20(16-10-9-14-5-1-2-6-15(14)11-16)25-22(27)19-13-24-21(26)18-8-4-3-7-17(18)19/h1-11,19-20H,12-13,23H2,(H,24,26)(H,25,27). The summed E-state index contributed by atoms with van der Waals surface area (Å²) in [6.45, 7) is 0.585. The van der Waals surface area contributed by atoms with E-state index in [0.717, 1.165) is 21.9 Å². The van der Waals surface area contributed by atoms with Crippen molar-refractivity contribution in [3.63, 3.8) is 0 Å². The monoisotopic (exact) mass is 359 g/mol. The summed E-state index contributed by atoms with van der Waals surface area (Å²) >= 11 is 0. The van der Waals surface area contributed by atoms with Gasteiger partial charge >= 0.3 is 0 Å². The summed E-state index contributed by atoms with van der Waals surface area (Å²) < 4.78 is 0. The van der Waals surface area contributed by atoms with E-state index < -0.39 is 5.92 Å². The van der Waals surface area contributed by atoms with E-state index in [1.54, 1.807) is 12.1 Å². The molecule has 2 amide bonds. The second-order valence-corrected chi connectivity index (χ2v) is 6.75. The van der Waals surface area contributed by atoms with Gasteiger partial charge in [0.15, 0.2) is 0 Å². The first-order valence-corrected chi connectivity index (χ1v) is 9.03. The maximum Gasteiger partial charge on any atom is 0.251 e. The highest BCUT2D eigenvalue weighted by Crippen LogP contribution is 2.26. The number of nitrogens with two attached hydrogens (primary N) is 1. The average Bonchev–Trinajstić information content (AvgIpc) is 2.72. The molecule has 0 bridgehead atoms. The van der Waals surface area contributed by atoms with Crippen molar-refractivity contribution in [2.45, 2.75) is 12.0 Å². The maximum atomic E-state index is 13.0. The highest BCUT2D eigenvalue weighted by Gasteiger charge is 2.31. The van der Waals surface area contributed by atoms with Gasteiger partial charge in [0.1, 0.15) is 0 Å². The van der Waals surface area contributed by atoms with Gasteiger partial charge in [-0.3, -0.25) is 9.59 Å². The minimum absolute atomic E-state index is 0.133. The molecule has 0 saturated heterocycles. The number of amides is 2. The molecule has 3 aromatic rings. The Morgan fingerprint density at radius 2 is 1.81 bits per heavy atom. The molecular weight excluding hydrogens is 338 g/mol. The van der Waals surface area contributed by atoms with E-state index in [1.165, 1.54) is 0 Å². The Hall–Kier alpha value is -3.18. The van der Waals surface area contributed by atoms with E-state index in [9.17, 15) is 9.59 Å². The first kappa shape index (κ1) is 17.2. The molecule has 27 heavy (non-hydrogen) atoms. The van der Waals surface area contributed by atoms with Crippen LogP contribution in [-0.2, 0) is 4.79 Å². The Morgan fingerprint density at radius 1 is 1.07 bits per heavy atom. The van der Waals surface area contributed by atoms with Crippen LogP contribution in [0.3, 0.4) is 0 Å². The van der Waals surface area contributed by atoms with Gasteiger partial charge in [0.2, 0.25) is 5.91 Å². The van der Waals surface area contributed by atoms with E-state index in [-0.39, 0.29) is 24.4 Å². The van der Waals surface area contributed by atoms with Crippen molar-refractivity contribution in [1.82, 2.24) is 10.6 Å². The average molecular weight is 359 g/mol. The third-order valence-electron chi connectivity index (χ3n) is 5.09. The fourth-order valence-corrected chi connectivity index (χ4v) is 3.62. The lowest BCUT2D eigenvalue weighted by Gasteiger charge is -2.27. The van der Waals surface area contributed by atoms with Crippen molar-refractivity contribution < 1.29 is 9.59 Å². The number of hydrogen-bond donors (Lipinski definition) is 3. The molecule has 1 heterocycles. The number of carbonyl (C=O) groups is 2. The Balaban J connectivity index is 1.59. The van der Waals surface area contributed by atoms with Crippen LogP contribution in [0.1, 0.15) is 33.4 Å². The molecule has 0 radical (unpaired) electrons. The summed E-state index contributed by atoms with van der Waals surface area (Å²) in [6, 6.07) is 21.1. The van der Waals surface area contributed by atoms with Crippen LogP contribution < -0.4 is 16.4 Å². The van der Waals surface area contributed by atoms with Crippen LogP contribution in [0.25, 0.3) is 10.8 Å². The van der Waals surface area contributed by atoms with Crippen molar-refractivity contribution in [3.8, 4) is 0 Å². The summed E-state index contributed by atoms with van der Waals surface area (Å²) in [5.74, 6) is -0.695. The molecule has 2 unspecified atom stereocenters. The smallest absolute Gasteiger partial charge is 0.251 e. The van der Waals surface area contributed by atoms with Crippen molar-refractivity contribution in [3.05, 3.63) is 83.4 Å².